The van der Waals surface area contributed by atoms with E-state index in [1.54, 1.807) is 12.4 Å². The quantitative estimate of drug-likeness (QED) is 0.400. The number of pyridine rings is 2. The van der Waals surface area contributed by atoms with Gasteiger partial charge in [0.05, 0.1) is 16.7 Å². The predicted octanol–water partition coefficient (Wildman–Crippen LogP) is 2.60. The molecule has 0 unspecified atom stereocenters. The molecule has 2 N–H and O–H groups in total. The number of aromatic nitrogens is 2. The van der Waals surface area contributed by atoms with Crippen LogP contribution in [-0.2, 0) is 4.99 Å². The molecule has 3 aromatic rings. The molecule has 84 valence electrons. The van der Waals surface area contributed by atoms with Gasteiger partial charge in [-0.05, 0) is 24.3 Å². The summed E-state index contributed by atoms with van der Waals surface area (Å²) in [7, 11) is 0. The third-order valence-corrected chi connectivity index (χ3v) is 2.62. The number of anilines is 1. The van der Waals surface area contributed by atoms with E-state index < -0.39 is 0 Å². The minimum Gasteiger partial charge on any atom is -0.254 e. The fourth-order valence-electron chi connectivity index (χ4n) is 1.91. The molecule has 0 radical (unpaired) electrons. The summed E-state index contributed by atoms with van der Waals surface area (Å²) in [4.78, 5) is 12.6. The molecule has 0 aliphatic carbocycles. The van der Waals surface area contributed by atoms with E-state index in [2.05, 4.69) is 20.4 Å². The van der Waals surface area contributed by atoms with E-state index in [1.807, 2.05) is 30.3 Å². The molecule has 0 atom stereocenters. The van der Waals surface area contributed by atoms with E-state index >= 15 is 0 Å². The molecule has 17 heavy (non-hydrogen) atoms. The van der Waals surface area contributed by atoms with Gasteiger partial charge in [0.25, 0.3) is 0 Å². The van der Waals surface area contributed by atoms with Crippen molar-refractivity contribution in [3.05, 3.63) is 42.7 Å². The number of rotatable bonds is 2. The second kappa shape index (κ2) is 3.97. The standard InChI is InChI=1S/C12H9N3O2/c16-17-15-10-7-8-3-1-5-13-11(8)12-9(10)4-2-6-14-12/h1-7,15-16H. The van der Waals surface area contributed by atoms with Crippen molar-refractivity contribution in [3.8, 4) is 0 Å². The molecule has 2 aromatic heterocycles. The lowest BCUT2D eigenvalue weighted by Crippen LogP contribution is -1.98. The fourth-order valence-corrected chi connectivity index (χ4v) is 1.91. The third kappa shape index (κ3) is 1.57. The summed E-state index contributed by atoms with van der Waals surface area (Å²) in [6.07, 6.45) is 3.44. The smallest absolute Gasteiger partial charge is 0.0986 e. The molecule has 3 rings (SSSR count). The highest BCUT2D eigenvalue weighted by molar-refractivity contribution is 6.08. The molecule has 0 amide bonds. The van der Waals surface area contributed by atoms with Crippen LogP contribution < -0.4 is 5.48 Å². The lowest BCUT2D eigenvalue weighted by molar-refractivity contribution is -0.215. The number of benzene rings is 1. The van der Waals surface area contributed by atoms with Gasteiger partial charge >= 0.3 is 0 Å². The Labute approximate surface area is 96.6 Å². The summed E-state index contributed by atoms with van der Waals surface area (Å²) in [5.41, 5.74) is 4.67. The molecule has 0 saturated carbocycles. The monoisotopic (exact) mass is 227 g/mol. The van der Waals surface area contributed by atoms with Gasteiger partial charge in [0.2, 0.25) is 0 Å². The van der Waals surface area contributed by atoms with Crippen LogP contribution in [0.2, 0.25) is 0 Å². The Hall–Kier alpha value is -2.24. The molecule has 1 aromatic carbocycles. The average Bonchev–Trinajstić information content (AvgIpc) is 2.39. The van der Waals surface area contributed by atoms with Crippen LogP contribution in [0.1, 0.15) is 0 Å². The number of hydrogen-bond acceptors (Lipinski definition) is 5. The molecular formula is C12H9N3O2. The van der Waals surface area contributed by atoms with Crippen LogP contribution in [-0.4, -0.2) is 15.2 Å². The highest BCUT2D eigenvalue weighted by atomic mass is 17.2. The number of nitrogens with one attached hydrogen (secondary N) is 1. The summed E-state index contributed by atoms with van der Waals surface area (Å²) < 4.78 is 0. The number of hydrogen-bond donors (Lipinski definition) is 2. The summed E-state index contributed by atoms with van der Waals surface area (Å²) in [6.45, 7) is 0. The second-order valence-electron chi connectivity index (χ2n) is 3.59. The molecule has 5 nitrogen and oxygen atoms in total. The summed E-state index contributed by atoms with van der Waals surface area (Å²) in [5.74, 6) is 0. The Morgan fingerprint density at radius 1 is 1.06 bits per heavy atom. The van der Waals surface area contributed by atoms with Crippen molar-refractivity contribution in [2.45, 2.75) is 0 Å². The molecule has 0 spiro atoms. The molecule has 0 fully saturated rings. The molecule has 5 heteroatoms. The molecule has 0 bridgehead atoms. The maximum Gasteiger partial charge on any atom is 0.0986 e. The van der Waals surface area contributed by atoms with E-state index in [0.717, 1.165) is 21.8 Å². The van der Waals surface area contributed by atoms with Crippen molar-refractivity contribution < 1.29 is 10.2 Å². The van der Waals surface area contributed by atoms with Crippen LogP contribution in [0.3, 0.4) is 0 Å². The Balaban J connectivity index is 2.45. The Kier molecular flexibility index (Phi) is 2.32. The zero-order chi connectivity index (χ0) is 11.7. The Bertz CT molecular complexity index is 685. The van der Waals surface area contributed by atoms with E-state index in [-0.39, 0.29) is 0 Å². The largest absolute Gasteiger partial charge is 0.254 e. The first-order valence-corrected chi connectivity index (χ1v) is 5.09. The van der Waals surface area contributed by atoms with Crippen LogP contribution >= 0.6 is 0 Å². The van der Waals surface area contributed by atoms with Gasteiger partial charge in [-0.3, -0.25) is 9.97 Å². The van der Waals surface area contributed by atoms with E-state index in [4.69, 9.17) is 5.26 Å². The van der Waals surface area contributed by atoms with Crippen LogP contribution in [0, 0.1) is 0 Å². The van der Waals surface area contributed by atoms with Gasteiger partial charge in [0.15, 0.2) is 0 Å². The van der Waals surface area contributed by atoms with Crippen LogP contribution in [0.5, 0.6) is 0 Å². The SMILES string of the molecule is OONc1cc2cccnc2c2ncccc12. The predicted molar refractivity (Wildman–Crippen MR) is 64.4 cm³/mol. The van der Waals surface area contributed by atoms with Gasteiger partial charge in [0, 0.05) is 23.2 Å². The molecule has 0 saturated heterocycles. The Morgan fingerprint density at radius 3 is 2.65 bits per heavy atom. The van der Waals surface area contributed by atoms with Crippen LogP contribution in [0.4, 0.5) is 5.69 Å². The molecule has 0 aliphatic rings. The first-order chi connectivity index (χ1) is 8.40. The van der Waals surface area contributed by atoms with Gasteiger partial charge < -0.3 is 0 Å². The van der Waals surface area contributed by atoms with Crippen LogP contribution in [0.25, 0.3) is 21.8 Å². The van der Waals surface area contributed by atoms with Gasteiger partial charge in [-0.1, -0.05) is 6.07 Å². The van der Waals surface area contributed by atoms with Gasteiger partial charge in [-0.25, -0.2) is 10.7 Å². The highest BCUT2D eigenvalue weighted by Crippen LogP contribution is 2.28. The zero-order valence-electron chi connectivity index (χ0n) is 8.79. The zero-order valence-corrected chi connectivity index (χ0v) is 8.79. The topological polar surface area (TPSA) is 67.3 Å². The van der Waals surface area contributed by atoms with Crippen molar-refractivity contribution in [1.29, 1.82) is 0 Å². The summed E-state index contributed by atoms with van der Waals surface area (Å²) in [5, 5.41) is 10.3. The van der Waals surface area contributed by atoms with Crippen molar-refractivity contribution in [2.75, 3.05) is 5.48 Å². The fraction of sp³-hybridized carbons (Fsp3) is 0. The highest BCUT2D eigenvalue weighted by Gasteiger charge is 2.07. The molecule has 0 aliphatic heterocycles. The molecular weight excluding hydrogens is 218 g/mol. The summed E-state index contributed by atoms with van der Waals surface area (Å²) in [6, 6.07) is 9.33. The third-order valence-electron chi connectivity index (χ3n) is 2.62. The van der Waals surface area contributed by atoms with Crippen molar-refractivity contribution in [2.24, 2.45) is 0 Å². The molecule has 2 heterocycles. The van der Waals surface area contributed by atoms with Crippen molar-refractivity contribution in [1.82, 2.24) is 9.97 Å². The van der Waals surface area contributed by atoms with Crippen molar-refractivity contribution in [3.63, 3.8) is 0 Å². The van der Waals surface area contributed by atoms with Crippen LogP contribution in [0.15, 0.2) is 42.7 Å². The lowest BCUT2D eigenvalue weighted by Gasteiger charge is -2.08. The maximum atomic E-state index is 8.50. The van der Waals surface area contributed by atoms with Gasteiger partial charge in [-0.2, -0.15) is 0 Å². The lowest BCUT2D eigenvalue weighted by atomic mass is 10.1. The number of fused-ring (bicyclic) bond motifs is 3. The van der Waals surface area contributed by atoms with Crippen molar-refractivity contribution >= 4 is 27.5 Å². The maximum absolute atomic E-state index is 8.50. The van der Waals surface area contributed by atoms with E-state index in [0.29, 0.717) is 5.69 Å². The first kappa shape index (κ1) is 9.95. The minimum atomic E-state index is 0.649. The average molecular weight is 227 g/mol. The number of nitrogens with zero attached hydrogens (tertiary/aromatic N) is 2. The Morgan fingerprint density at radius 2 is 1.82 bits per heavy atom. The minimum absolute atomic E-state index is 0.649. The van der Waals surface area contributed by atoms with Gasteiger partial charge in [-0.15, -0.1) is 4.99 Å². The van der Waals surface area contributed by atoms with Gasteiger partial charge in [0.1, 0.15) is 0 Å². The normalized spacial score (nSPS) is 10.9. The second-order valence-corrected chi connectivity index (χ2v) is 3.59. The van der Waals surface area contributed by atoms with E-state index in [1.165, 1.54) is 0 Å². The first-order valence-electron chi connectivity index (χ1n) is 5.09. The summed E-state index contributed by atoms with van der Waals surface area (Å²) >= 11 is 0. The van der Waals surface area contributed by atoms with E-state index in [9.17, 15) is 0 Å².